The molecule has 2 aromatic carbocycles. The highest BCUT2D eigenvalue weighted by Crippen LogP contribution is 2.36. The van der Waals surface area contributed by atoms with Crippen molar-refractivity contribution in [3.8, 4) is 0 Å². The number of nitrogens with zero attached hydrogens (tertiary/aromatic N) is 1. The van der Waals surface area contributed by atoms with Crippen molar-refractivity contribution in [2.24, 2.45) is 0 Å². The van der Waals surface area contributed by atoms with Crippen LogP contribution >= 0.6 is 0 Å². The maximum absolute atomic E-state index is 13.2. The van der Waals surface area contributed by atoms with E-state index in [1.165, 1.54) is 12.1 Å². The van der Waals surface area contributed by atoms with Crippen LogP contribution in [0.2, 0.25) is 0 Å². The Kier molecular flexibility index (Phi) is 2.67. The molecule has 1 aliphatic heterocycles. The fourth-order valence-electron chi connectivity index (χ4n) is 2.30. The SMILES string of the molecule is CN1C(=O)/C(=C/c2cccc(F)c2)c2ccccc21. The molecule has 0 unspecified atom stereocenters. The molecule has 2 aromatic rings. The number of hydrogen-bond acceptors (Lipinski definition) is 1. The van der Waals surface area contributed by atoms with Gasteiger partial charge in [-0.05, 0) is 29.8 Å². The lowest BCUT2D eigenvalue weighted by atomic mass is 10.0. The molecule has 3 heteroatoms. The lowest BCUT2D eigenvalue weighted by Gasteiger charge is -2.07. The number of hydrogen-bond donors (Lipinski definition) is 0. The van der Waals surface area contributed by atoms with Gasteiger partial charge in [0.25, 0.3) is 5.91 Å². The van der Waals surface area contributed by atoms with Gasteiger partial charge in [0.15, 0.2) is 0 Å². The van der Waals surface area contributed by atoms with Crippen LogP contribution in [-0.4, -0.2) is 13.0 Å². The second-order valence-electron chi connectivity index (χ2n) is 4.49. The minimum atomic E-state index is -0.304. The molecule has 0 saturated carbocycles. The van der Waals surface area contributed by atoms with Gasteiger partial charge in [-0.3, -0.25) is 4.79 Å². The van der Waals surface area contributed by atoms with Gasteiger partial charge in [0.05, 0.1) is 5.69 Å². The van der Waals surface area contributed by atoms with Crippen LogP contribution in [0.1, 0.15) is 11.1 Å². The second-order valence-corrected chi connectivity index (χ2v) is 4.49. The van der Waals surface area contributed by atoms with Gasteiger partial charge in [-0.25, -0.2) is 4.39 Å². The van der Waals surface area contributed by atoms with Crippen LogP contribution in [0.25, 0.3) is 11.6 Å². The zero-order chi connectivity index (χ0) is 13.4. The molecule has 0 aromatic heterocycles. The van der Waals surface area contributed by atoms with E-state index in [4.69, 9.17) is 0 Å². The van der Waals surface area contributed by atoms with Crippen molar-refractivity contribution in [2.45, 2.75) is 0 Å². The molecule has 3 rings (SSSR count). The molecule has 1 aliphatic rings. The molecule has 0 aliphatic carbocycles. The van der Waals surface area contributed by atoms with Gasteiger partial charge < -0.3 is 4.90 Å². The van der Waals surface area contributed by atoms with E-state index in [-0.39, 0.29) is 11.7 Å². The lowest BCUT2D eigenvalue weighted by molar-refractivity contribution is -0.112. The van der Waals surface area contributed by atoms with Gasteiger partial charge in [0.1, 0.15) is 5.82 Å². The molecule has 0 bridgehead atoms. The Bertz CT molecular complexity index is 691. The van der Waals surface area contributed by atoms with Gasteiger partial charge in [0, 0.05) is 18.2 Å². The minimum Gasteiger partial charge on any atom is -0.311 e. The molecule has 1 amide bonds. The first-order chi connectivity index (χ1) is 9.16. The normalized spacial score (nSPS) is 16.0. The van der Waals surface area contributed by atoms with Crippen molar-refractivity contribution < 1.29 is 9.18 Å². The van der Waals surface area contributed by atoms with Crippen LogP contribution < -0.4 is 4.90 Å². The first kappa shape index (κ1) is 11.7. The maximum atomic E-state index is 13.2. The molecule has 0 fully saturated rings. The van der Waals surface area contributed by atoms with E-state index in [9.17, 15) is 9.18 Å². The topological polar surface area (TPSA) is 20.3 Å². The molecular formula is C16H12FNO. The number of para-hydroxylation sites is 1. The smallest absolute Gasteiger partial charge is 0.258 e. The summed E-state index contributed by atoms with van der Waals surface area (Å²) in [6, 6.07) is 13.8. The standard InChI is InChI=1S/C16H12FNO/c1-18-15-8-3-2-7-13(15)14(16(18)19)10-11-5-4-6-12(17)9-11/h2-10H,1H3/b14-10+. The zero-order valence-corrected chi connectivity index (χ0v) is 10.4. The van der Waals surface area contributed by atoms with Gasteiger partial charge >= 0.3 is 0 Å². The summed E-state index contributed by atoms with van der Waals surface area (Å²) in [6.45, 7) is 0. The third-order valence-corrected chi connectivity index (χ3v) is 3.25. The lowest BCUT2D eigenvalue weighted by Crippen LogP contribution is -2.20. The third kappa shape index (κ3) is 1.93. The fraction of sp³-hybridized carbons (Fsp3) is 0.0625. The molecule has 0 atom stereocenters. The Hall–Kier alpha value is -2.42. The van der Waals surface area contributed by atoms with Crippen LogP contribution in [0.5, 0.6) is 0 Å². The Morgan fingerprint density at radius 3 is 2.68 bits per heavy atom. The van der Waals surface area contributed by atoms with E-state index in [1.807, 2.05) is 24.3 Å². The number of amides is 1. The number of anilines is 1. The van der Waals surface area contributed by atoms with E-state index in [1.54, 1.807) is 30.2 Å². The van der Waals surface area contributed by atoms with E-state index >= 15 is 0 Å². The van der Waals surface area contributed by atoms with Crippen LogP contribution in [0.15, 0.2) is 48.5 Å². The summed E-state index contributed by atoms with van der Waals surface area (Å²) >= 11 is 0. The Morgan fingerprint density at radius 1 is 1.11 bits per heavy atom. The second kappa shape index (κ2) is 4.35. The van der Waals surface area contributed by atoms with Crippen molar-refractivity contribution >= 4 is 23.2 Å². The molecule has 0 N–H and O–H groups in total. The summed E-state index contributed by atoms with van der Waals surface area (Å²) in [5, 5.41) is 0. The summed E-state index contributed by atoms with van der Waals surface area (Å²) < 4.78 is 13.2. The monoisotopic (exact) mass is 253 g/mol. The van der Waals surface area contributed by atoms with Gasteiger partial charge in [-0.15, -0.1) is 0 Å². The summed E-state index contributed by atoms with van der Waals surface area (Å²) in [5.41, 5.74) is 3.06. The minimum absolute atomic E-state index is 0.0644. The van der Waals surface area contributed by atoms with E-state index < -0.39 is 0 Å². The van der Waals surface area contributed by atoms with Crippen LogP contribution in [0, 0.1) is 5.82 Å². The fourth-order valence-corrected chi connectivity index (χ4v) is 2.30. The van der Waals surface area contributed by atoms with Crippen molar-refractivity contribution in [2.75, 3.05) is 11.9 Å². The van der Waals surface area contributed by atoms with Crippen molar-refractivity contribution in [1.29, 1.82) is 0 Å². The predicted molar refractivity (Wildman–Crippen MR) is 74.1 cm³/mol. The Morgan fingerprint density at radius 2 is 1.89 bits per heavy atom. The number of benzene rings is 2. The number of carbonyl (C=O) groups is 1. The summed E-state index contributed by atoms with van der Waals surface area (Å²) in [6.07, 6.45) is 1.73. The maximum Gasteiger partial charge on any atom is 0.258 e. The van der Waals surface area contributed by atoms with Gasteiger partial charge in [-0.1, -0.05) is 30.3 Å². The largest absolute Gasteiger partial charge is 0.311 e. The van der Waals surface area contributed by atoms with Gasteiger partial charge in [0.2, 0.25) is 0 Å². The molecule has 19 heavy (non-hydrogen) atoms. The highest BCUT2D eigenvalue weighted by molar-refractivity contribution is 6.35. The first-order valence-electron chi connectivity index (χ1n) is 6.01. The molecule has 0 spiro atoms. The van der Waals surface area contributed by atoms with Crippen molar-refractivity contribution in [1.82, 2.24) is 0 Å². The molecule has 0 radical (unpaired) electrons. The molecular weight excluding hydrogens is 241 g/mol. The molecule has 1 heterocycles. The average molecular weight is 253 g/mol. The van der Waals surface area contributed by atoms with Crippen LogP contribution in [0.4, 0.5) is 10.1 Å². The Balaban J connectivity index is 2.13. The molecule has 0 saturated heterocycles. The molecule has 2 nitrogen and oxygen atoms in total. The van der Waals surface area contributed by atoms with Gasteiger partial charge in [-0.2, -0.15) is 0 Å². The highest BCUT2D eigenvalue weighted by Gasteiger charge is 2.28. The summed E-state index contributed by atoms with van der Waals surface area (Å²) in [7, 11) is 1.74. The zero-order valence-electron chi connectivity index (χ0n) is 10.4. The van der Waals surface area contributed by atoms with Crippen molar-refractivity contribution in [3.05, 3.63) is 65.5 Å². The average Bonchev–Trinajstić information content (AvgIpc) is 2.65. The number of likely N-dealkylation sites (N-methyl/N-ethyl adjacent to an activating group) is 1. The number of halogens is 1. The highest BCUT2D eigenvalue weighted by atomic mass is 19.1. The first-order valence-corrected chi connectivity index (χ1v) is 6.01. The van der Waals surface area contributed by atoms with Crippen LogP contribution in [-0.2, 0) is 4.79 Å². The van der Waals surface area contributed by atoms with E-state index in [2.05, 4.69) is 0 Å². The van der Waals surface area contributed by atoms with Crippen LogP contribution in [0.3, 0.4) is 0 Å². The predicted octanol–water partition coefficient (Wildman–Crippen LogP) is 3.34. The summed E-state index contributed by atoms with van der Waals surface area (Å²) in [5.74, 6) is -0.369. The summed E-state index contributed by atoms with van der Waals surface area (Å²) in [4.78, 5) is 13.8. The number of carbonyl (C=O) groups excluding carboxylic acids is 1. The molecule has 94 valence electrons. The quantitative estimate of drug-likeness (QED) is 0.714. The number of rotatable bonds is 1. The van der Waals surface area contributed by atoms with Crippen molar-refractivity contribution in [3.63, 3.8) is 0 Å². The Labute approximate surface area is 110 Å². The number of fused-ring (bicyclic) bond motifs is 1. The third-order valence-electron chi connectivity index (χ3n) is 3.25. The van der Waals surface area contributed by atoms with E-state index in [0.29, 0.717) is 11.1 Å². The van der Waals surface area contributed by atoms with E-state index in [0.717, 1.165) is 11.3 Å².